The largest absolute Gasteiger partial charge is 0.319 e. The smallest absolute Gasteiger partial charge is 0.244 e. The van der Waals surface area contributed by atoms with E-state index in [1.807, 2.05) is 6.07 Å². The molecule has 0 bridgehead atoms. The fourth-order valence-electron chi connectivity index (χ4n) is 3.44. The van der Waals surface area contributed by atoms with E-state index in [9.17, 15) is 4.79 Å². The molecular weight excluding hydrogens is 260 g/mol. The average molecular weight is 286 g/mol. The van der Waals surface area contributed by atoms with Crippen LogP contribution < -0.4 is 5.32 Å². The number of carbonyl (C=O) groups is 1. The molecule has 3 rings (SSSR count). The maximum absolute atomic E-state index is 12.8. The fourth-order valence-corrected chi connectivity index (χ4v) is 3.44. The molecule has 2 fully saturated rings. The van der Waals surface area contributed by atoms with E-state index >= 15 is 0 Å². The Bertz CT molecular complexity index is 509. The van der Waals surface area contributed by atoms with Crippen molar-refractivity contribution >= 4 is 5.91 Å². The summed E-state index contributed by atoms with van der Waals surface area (Å²) in [6, 6.07) is 10.7. The van der Waals surface area contributed by atoms with Crippen LogP contribution in [0.4, 0.5) is 0 Å². The summed E-state index contributed by atoms with van der Waals surface area (Å²) in [6.45, 7) is 6.69. The van der Waals surface area contributed by atoms with Gasteiger partial charge in [0.1, 0.15) is 11.7 Å². The summed E-state index contributed by atoms with van der Waals surface area (Å²) >= 11 is 0. The van der Waals surface area contributed by atoms with Gasteiger partial charge in [-0.05, 0) is 37.7 Å². The Morgan fingerprint density at radius 3 is 2.52 bits per heavy atom. The molecule has 3 nitrogen and oxygen atoms in total. The summed E-state index contributed by atoms with van der Waals surface area (Å²) in [7, 11) is 0. The SMILES string of the molecule is CCC(C)CC(C)N1C(=O)C2(CC2)NC1c1ccccc1. The van der Waals surface area contributed by atoms with E-state index in [0.29, 0.717) is 11.8 Å². The van der Waals surface area contributed by atoms with Gasteiger partial charge < -0.3 is 4.90 Å². The molecule has 1 N–H and O–H groups in total. The maximum atomic E-state index is 12.8. The first-order chi connectivity index (χ1) is 10.1. The van der Waals surface area contributed by atoms with Crippen LogP contribution in [0.3, 0.4) is 0 Å². The minimum absolute atomic E-state index is 0.0419. The summed E-state index contributed by atoms with van der Waals surface area (Å²) in [5.41, 5.74) is 0.954. The van der Waals surface area contributed by atoms with E-state index in [-0.39, 0.29) is 17.7 Å². The van der Waals surface area contributed by atoms with Crippen LogP contribution in [0.5, 0.6) is 0 Å². The molecule has 3 heteroatoms. The first kappa shape index (κ1) is 14.6. The number of nitrogens with zero attached hydrogens (tertiary/aromatic N) is 1. The molecule has 0 radical (unpaired) electrons. The van der Waals surface area contributed by atoms with Crippen LogP contribution in [0.2, 0.25) is 0 Å². The van der Waals surface area contributed by atoms with Crippen molar-refractivity contribution in [2.45, 2.75) is 64.2 Å². The lowest BCUT2D eigenvalue weighted by molar-refractivity contribution is -0.133. The predicted molar refractivity (Wildman–Crippen MR) is 84.7 cm³/mol. The maximum Gasteiger partial charge on any atom is 0.244 e. The van der Waals surface area contributed by atoms with Crippen molar-refractivity contribution < 1.29 is 4.79 Å². The zero-order chi connectivity index (χ0) is 15.0. The van der Waals surface area contributed by atoms with Crippen LogP contribution >= 0.6 is 0 Å². The van der Waals surface area contributed by atoms with Gasteiger partial charge in [-0.15, -0.1) is 0 Å². The summed E-state index contributed by atoms with van der Waals surface area (Å²) in [5.74, 6) is 0.965. The molecule has 1 saturated heterocycles. The Morgan fingerprint density at radius 1 is 1.29 bits per heavy atom. The summed E-state index contributed by atoms with van der Waals surface area (Å²) < 4.78 is 0. The molecule has 1 amide bonds. The van der Waals surface area contributed by atoms with Gasteiger partial charge in [0, 0.05) is 6.04 Å². The van der Waals surface area contributed by atoms with E-state index in [4.69, 9.17) is 0 Å². The number of amides is 1. The molecule has 1 aromatic rings. The molecule has 0 aromatic heterocycles. The molecule has 21 heavy (non-hydrogen) atoms. The van der Waals surface area contributed by atoms with E-state index in [1.165, 1.54) is 12.0 Å². The Hall–Kier alpha value is -1.35. The fraction of sp³-hybridized carbons (Fsp3) is 0.611. The van der Waals surface area contributed by atoms with Gasteiger partial charge in [-0.25, -0.2) is 0 Å². The molecule has 1 saturated carbocycles. The lowest BCUT2D eigenvalue weighted by atomic mass is 9.98. The second-order valence-electron chi connectivity index (χ2n) is 6.85. The standard InChI is InChI=1S/C18H26N2O/c1-4-13(2)12-14(3)20-16(15-8-6-5-7-9-15)19-18(10-11-18)17(20)21/h5-9,13-14,16,19H,4,10-12H2,1-3H3. The highest BCUT2D eigenvalue weighted by Gasteiger charge is 2.60. The molecule has 1 aromatic carbocycles. The minimum Gasteiger partial charge on any atom is -0.319 e. The number of hydrogen-bond donors (Lipinski definition) is 1. The van der Waals surface area contributed by atoms with E-state index in [2.05, 4.69) is 55.3 Å². The van der Waals surface area contributed by atoms with Crippen LogP contribution in [-0.2, 0) is 4.79 Å². The molecule has 1 heterocycles. The van der Waals surface area contributed by atoms with Gasteiger partial charge in [-0.3, -0.25) is 10.1 Å². The third-order valence-electron chi connectivity index (χ3n) is 5.12. The average Bonchev–Trinajstić information content (AvgIpc) is 3.21. The molecule has 1 aliphatic carbocycles. The van der Waals surface area contributed by atoms with Crippen LogP contribution in [0.25, 0.3) is 0 Å². The van der Waals surface area contributed by atoms with Gasteiger partial charge >= 0.3 is 0 Å². The van der Waals surface area contributed by atoms with Gasteiger partial charge in [-0.1, -0.05) is 50.6 Å². The minimum atomic E-state index is -0.246. The molecule has 2 aliphatic rings. The van der Waals surface area contributed by atoms with E-state index in [1.54, 1.807) is 0 Å². The highest BCUT2D eigenvalue weighted by molar-refractivity contribution is 5.92. The third kappa shape index (κ3) is 2.59. The van der Waals surface area contributed by atoms with Crippen molar-refractivity contribution in [2.75, 3.05) is 0 Å². The summed E-state index contributed by atoms with van der Waals surface area (Å²) in [4.78, 5) is 15.0. The lowest BCUT2D eigenvalue weighted by Crippen LogP contribution is -2.39. The van der Waals surface area contributed by atoms with Gasteiger partial charge in [-0.2, -0.15) is 0 Å². The number of benzene rings is 1. The van der Waals surface area contributed by atoms with Crippen molar-refractivity contribution in [3.05, 3.63) is 35.9 Å². The van der Waals surface area contributed by atoms with Crippen molar-refractivity contribution in [3.8, 4) is 0 Å². The summed E-state index contributed by atoms with van der Waals surface area (Å²) in [6.07, 6.45) is 4.26. The van der Waals surface area contributed by atoms with Gasteiger partial charge in [0.2, 0.25) is 5.91 Å². The van der Waals surface area contributed by atoms with Crippen LogP contribution in [0.15, 0.2) is 30.3 Å². The second-order valence-corrected chi connectivity index (χ2v) is 6.85. The highest BCUT2D eigenvalue weighted by atomic mass is 16.2. The molecule has 114 valence electrons. The number of hydrogen-bond acceptors (Lipinski definition) is 2. The van der Waals surface area contributed by atoms with Crippen LogP contribution in [0.1, 0.15) is 58.2 Å². The molecule has 1 aliphatic heterocycles. The first-order valence-corrected chi connectivity index (χ1v) is 8.23. The molecule has 3 atom stereocenters. The Balaban J connectivity index is 1.85. The Morgan fingerprint density at radius 2 is 1.95 bits per heavy atom. The second kappa shape index (κ2) is 5.45. The zero-order valence-corrected chi connectivity index (χ0v) is 13.3. The predicted octanol–water partition coefficient (Wildman–Crippen LogP) is 3.47. The van der Waals surface area contributed by atoms with Crippen molar-refractivity contribution in [3.63, 3.8) is 0 Å². The quantitative estimate of drug-likeness (QED) is 0.899. The third-order valence-corrected chi connectivity index (χ3v) is 5.12. The zero-order valence-electron chi connectivity index (χ0n) is 13.3. The number of nitrogens with one attached hydrogen (secondary N) is 1. The normalized spacial score (nSPS) is 26.1. The number of rotatable bonds is 5. The van der Waals surface area contributed by atoms with Crippen molar-refractivity contribution in [1.29, 1.82) is 0 Å². The molecule has 1 spiro atoms. The summed E-state index contributed by atoms with van der Waals surface area (Å²) in [5, 5.41) is 3.61. The van der Waals surface area contributed by atoms with Crippen molar-refractivity contribution in [1.82, 2.24) is 10.2 Å². The van der Waals surface area contributed by atoms with Gasteiger partial charge in [0.25, 0.3) is 0 Å². The first-order valence-electron chi connectivity index (χ1n) is 8.23. The topological polar surface area (TPSA) is 32.3 Å². The van der Waals surface area contributed by atoms with Gasteiger partial charge in [0.15, 0.2) is 0 Å². The monoisotopic (exact) mass is 286 g/mol. The lowest BCUT2D eigenvalue weighted by Gasteiger charge is -2.32. The highest BCUT2D eigenvalue weighted by Crippen LogP contribution is 2.47. The molecule has 3 unspecified atom stereocenters. The van der Waals surface area contributed by atoms with Gasteiger partial charge in [0.05, 0.1) is 0 Å². The Labute approximate surface area is 127 Å². The number of carbonyl (C=O) groups excluding carboxylic acids is 1. The van der Waals surface area contributed by atoms with E-state index < -0.39 is 0 Å². The van der Waals surface area contributed by atoms with Crippen LogP contribution in [-0.4, -0.2) is 22.4 Å². The van der Waals surface area contributed by atoms with Crippen LogP contribution in [0, 0.1) is 5.92 Å². The van der Waals surface area contributed by atoms with Crippen molar-refractivity contribution in [2.24, 2.45) is 5.92 Å². The molecular formula is C18H26N2O. The Kier molecular flexibility index (Phi) is 3.78. The van der Waals surface area contributed by atoms with E-state index in [0.717, 1.165) is 19.3 Å².